The largest absolute Gasteiger partial charge is 0.338 e. The minimum Gasteiger partial charge on any atom is -0.338 e. The summed E-state index contributed by atoms with van der Waals surface area (Å²) in [7, 11) is 0. The predicted octanol–water partition coefficient (Wildman–Crippen LogP) is 1.07. The highest BCUT2D eigenvalue weighted by atomic mass is 16.6. The van der Waals surface area contributed by atoms with E-state index in [1.807, 2.05) is 0 Å². The third kappa shape index (κ3) is 2.73. The lowest BCUT2D eigenvalue weighted by molar-refractivity contribution is -0.385. The maximum Gasteiger partial charge on any atom is 0.269 e. The standard InChI is InChI=1S/C13H17N3O3/c1-9(7-14)13(17)15-5-4-10-2-3-12(16(18)19)6-11(10)8-15/h2-3,6,9H,4-5,7-8,14H2,1H3. The molecule has 1 aromatic rings. The Balaban J connectivity index is 2.20. The molecule has 2 rings (SSSR count). The smallest absolute Gasteiger partial charge is 0.269 e. The van der Waals surface area contributed by atoms with Gasteiger partial charge in [0.25, 0.3) is 5.69 Å². The van der Waals surface area contributed by atoms with Crippen molar-refractivity contribution in [3.05, 3.63) is 39.4 Å². The zero-order chi connectivity index (χ0) is 14.0. The second kappa shape index (κ2) is 5.36. The first-order valence-electron chi connectivity index (χ1n) is 6.28. The number of nitro groups is 1. The van der Waals surface area contributed by atoms with E-state index in [1.54, 1.807) is 24.0 Å². The Kier molecular flexibility index (Phi) is 3.80. The Morgan fingerprint density at radius 2 is 2.26 bits per heavy atom. The molecule has 1 aromatic carbocycles. The predicted molar refractivity (Wildman–Crippen MR) is 70.4 cm³/mol. The second-order valence-corrected chi connectivity index (χ2v) is 4.86. The highest BCUT2D eigenvalue weighted by Gasteiger charge is 2.25. The maximum atomic E-state index is 12.1. The summed E-state index contributed by atoms with van der Waals surface area (Å²) < 4.78 is 0. The van der Waals surface area contributed by atoms with Gasteiger partial charge in [0.05, 0.1) is 4.92 Å². The normalized spacial score (nSPS) is 15.8. The van der Waals surface area contributed by atoms with Gasteiger partial charge in [-0.15, -0.1) is 0 Å². The minimum absolute atomic E-state index is 0.0136. The third-order valence-electron chi connectivity index (χ3n) is 3.50. The summed E-state index contributed by atoms with van der Waals surface area (Å²) in [5.74, 6) is -0.195. The number of fused-ring (bicyclic) bond motifs is 1. The average Bonchev–Trinajstić information content (AvgIpc) is 2.44. The number of hydrogen-bond acceptors (Lipinski definition) is 4. The summed E-state index contributed by atoms with van der Waals surface area (Å²) in [4.78, 5) is 24.1. The molecule has 1 heterocycles. The first kappa shape index (κ1) is 13.5. The Morgan fingerprint density at radius 3 is 2.89 bits per heavy atom. The van der Waals surface area contributed by atoms with Gasteiger partial charge in [0, 0.05) is 37.7 Å². The van der Waals surface area contributed by atoms with E-state index in [9.17, 15) is 14.9 Å². The lowest BCUT2D eigenvalue weighted by atomic mass is 9.98. The SMILES string of the molecule is CC(CN)C(=O)N1CCc2ccc([N+](=O)[O-])cc2C1. The van der Waals surface area contributed by atoms with Crippen molar-refractivity contribution in [2.75, 3.05) is 13.1 Å². The molecule has 1 atom stereocenters. The molecule has 6 heteroatoms. The van der Waals surface area contributed by atoms with Crippen LogP contribution in [0.2, 0.25) is 0 Å². The van der Waals surface area contributed by atoms with Crippen molar-refractivity contribution in [3.8, 4) is 0 Å². The molecule has 2 N–H and O–H groups in total. The van der Waals surface area contributed by atoms with Crippen LogP contribution < -0.4 is 5.73 Å². The van der Waals surface area contributed by atoms with Crippen LogP contribution in [0.5, 0.6) is 0 Å². The molecule has 0 fully saturated rings. The first-order chi connectivity index (χ1) is 9.02. The van der Waals surface area contributed by atoms with Crippen LogP contribution in [-0.4, -0.2) is 28.8 Å². The Labute approximate surface area is 111 Å². The molecule has 0 bridgehead atoms. The fourth-order valence-electron chi connectivity index (χ4n) is 2.26. The molecule has 1 aliphatic rings. The number of hydrogen-bond donors (Lipinski definition) is 1. The molecule has 102 valence electrons. The van der Waals surface area contributed by atoms with E-state index in [0.29, 0.717) is 19.6 Å². The highest BCUT2D eigenvalue weighted by molar-refractivity contribution is 5.79. The average molecular weight is 263 g/mol. The molecule has 0 spiro atoms. The number of carbonyl (C=O) groups is 1. The number of amides is 1. The molecule has 1 aliphatic heterocycles. The fraction of sp³-hybridized carbons (Fsp3) is 0.462. The fourth-order valence-corrected chi connectivity index (χ4v) is 2.26. The van der Waals surface area contributed by atoms with Gasteiger partial charge in [-0.25, -0.2) is 0 Å². The van der Waals surface area contributed by atoms with Gasteiger partial charge in [-0.05, 0) is 17.5 Å². The molecule has 1 unspecified atom stereocenters. The van der Waals surface area contributed by atoms with Crippen molar-refractivity contribution in [1.82, 2.24) is 4.90 Å². The van der Waals surface area contributed by atoms with Crippen molar-refractivity contribution < 1.29 is 9.72 Å². The molecule has 0 saturated heterocycles. The molecule has 6 nitrogen and oxygen atoms in total. The first-order valence-corrected chi connectivity index (χ1v) is 6.28. The van der Waals surface area contributed by atoms with E-state index in [4.69, 9.17) is 5.73 Å². The number of rotatable bonds is 3. The van der Waals surface area contributed by atoms with E-state index in [1.165, 1.54) is 6.07 Å². The van der Waals surface area contributed by atoms with Gasteiger partial charge >= 0.3 is 0 Å². The van der Waals surface area contributed by atoms with Crippen LogP contribution in [0.4, 0.5) is 5.69 Å². The summed E-state index contributed by atoms with van der Waals surface area (Å²) in [5, 5.41) is 10.8. The van der Waals surface area contributed by atoms with E-state index >= 15 is 0 Å². The van der Waals surface area contributed by atoms with Gasteiger partial charge in [0.1, 0.15) is 0 Å². The molecule has 1 amide bonds. The van der Waals surface area contributed by atoms with Gasteiger partial charge in [0.2, 0.25) is 5.91 Å². The lowest BCUT2D eigenvalue weighted by Crippen LogP contribution is -2.41. The summed E-state index contributed by atoms with van der Waals surface area (Å²) >= 11 is 0. The topological polar surface area (TPSA) is 89.5 Å². The number of nitro benzene ring substituents is 1. The van der Waals surface area contributed by atoms with Crippen molar-refractivity contribution in [2.45, 2.75) is 19.9 Å². The van der Waals surface area contributed by atoms with E-state index in [0.717, 1.165) is 17.5 Å². The second-order valence-electron chi connectivity index (χ2n) is 4.86. The van der Waals surface area contributed by atoms with Crippen molar-refractivity contribution >= 4 is 11.6 Å². The molecule has 0 aromatic heterocycles. The van der Waals surface area contributed by atoms with Crippen LogP contribution in [0.1, 0.15) is 18.1 Å². The van der Waals surface area contributed by atoms with E-state index in [2.05, 4.69) is 0 Å². The van der Waals surface area contributed by atoms with Gasteiger partial charge in [-0.2, -0.15) is 0 Å². The summed E-state index contributed by atoms with van der Waals surface area (Å²) in [6.45, 7) is 3.19. The van der Waals surface area contributed by atoms with Crippen molar-refractivity contribution in [3.63, 3.8) is 0 Å². The molecular formula is C13H17N3O3. The molecule has 0 saturated carbocycles. The van der Waals surface area contributed by atoms with E-state index < -0.39 is 4.92 Å². The van der Waals surface area contributed by atoms with Crippen LogP contribution in [0.3, 0.4) is 0 Å². The number of nitrogens with two attached hydrogens (primary N) is 1. The zero-order valence-electron chi connectivity index (χ0n) is 10.8. The number of non-ortho nitro benzene ring substituents is 1. The summed E-state index contributed by atoms with van der Waals surface area (Å²) in [6, 6.07) is 4.85. The molecule has 0 aliphatic carbocycles. The lowest BCUT2D eigenvalue weighted by Gasteiger charge is -2.30. The Hall–Kier alpha value is -1.95. The monoisotopic (exact) mass is 263 g/mol. The molecular weight excluding hydrogens is 246 g/mol. The number of benzene rings is 1. The van der Waals surface area contributed by atoms with Crippen LogP contribution >= 0.6 is 0 Å². The highest BCUT2D eigenvalue weighted by Crippen LogP contribution is 2.24. The summed E-state index contributed by atoms with van der Waals surface area (Å²) in [6.07, 6.45) is 0.732. The van der Waals surface area contributed by atoms with Crippen LogP contribution in [0, 0.1) is 16.0 Å². The zero-order valence-corrected chi connectivity index (χ0v) is 10.8. The van der Waals surface area contributed by atoms with Crippen LogP contribution in [0.15, 0.2) is 18.2 Å². The maximum absolute atomic E-state index is 12.1. The van der Waals surface area contributed by atoms with Crippen molar-refractivity contribution in [1.29, 1.82) is 0 Å². The van der Waals surface area contributed by atoms with Crippen molar-refractivity contribution in [2.24, 2.45) is 11.7 Å². The number of nitrogens with zero attached hydrogens (tertiary/aromatic N) is 2. The Morgan fingerprint density at radius 1 is 1.53 bits per heavy atom. The van der Waals surface area contributed by atoms with Gasteiger partial charge in [-0.1, -0.05) is 13.0 Å². The quantitative estimate of drug-likeness (QED) is 0.652. The minimum atomic E-state index is -0.413. The summed E-state index contributed by atoms with van der Waals surface area (Å²) in [5.41, 5.74) is 7.51. The van der Waals surface area contributed by atoms with Crippen LogP contribution in [0.25, 0.3) is 0 Å². The third-order valence-corrected chi connectivity index (χ3v) is 3.50. The van der Waals surface area contributed by atoms with Gasteiger partial charge < -0.3 is 10.6 Å². The van der Waals surface area contributed by atoms with Crippen LogP contribution in [-0.2, 0) is 17.8 Å². The van der Waals surface area contributed by atoms with Gasteiger partial charge in [0.15, 0.2) is 0 Å². The number of carbonyl (C=O) groups excluding carboxylic acids is 1. The van der Waals surface area contributed by atoms with Gasteiger partial charge in [-0.3, -0.25) is 14.9 Å². The molecule has 0 radical (unpaired) electrons. The Bertz CT molecular complexity index is 516. The molecule has 19 heavy (non-hydrogen) atoms. The van der Waals surface area contributed by atoms with E-state index in [-0.39, 0.29) is 17.5 Å².